The van der Waals surface area contributed by atoms with Gasteiger partial charge in [-0.1, -0.05) is 6.92 Å². The highest BCUT2D eigenvalue weighted by molar-refractivity contribution is 7.15. The van der Waals surface area contributed by atoms with Gasteiger partial charge < -0.3 is 9.52 Å². The summed E-state index contributed by atoms with van der Waals surface area (Å²) < 4.78 is 5.06. The third kappa shape index (κ3) is 1.42. The molecular formula is C8H8N2O2S. The predicted octanol–water partition coefficient (Wildman–Crippen LogP) is 2.07. The maximum Gasteiger partial charge on any atom is 0.255 e. The fraction of sp³-hybridized carbons (Fsp3) is 0.250. The van der Waals surface area contributed by atoms with Crippen LogP contribution in [0.2, 0.25) is 0 Å². The van der Waals surface area contributed by atoms with Crippen molar-refractivity contribution in [3.8, 4) is 16.8 Å². The van der Waals surface area contributed by atoms with E-state index < -0.39 is 0 Å². The summed E-state index contributed by atoms with van der Waals surface area (Å²) in [6, 6.07) is 0. The summed E-state index contributed by atoms with van der Waals surface area (Å²) in [7, 11) is 0. The Labute approximate surface area is 78.9 Å². The van der Waals surface area contributed by atoms with E-state index in [1.54, 1.807) is 6.20 Å². The topological polar surface area (TPSA) is 59.2 Å². The summed E-state index contributed by atoms with van der Waals surface area (Å²) in [6.45, 7) is 1.96. The molecule has 0 saturated carbocycles. The molecule has 0 aromatic carbocycles. The lowest BCUT2D eigenvalue weighted by Gasteiger charge is -1.84. The van der Waals surface area contributed by atoms with Crippen LogP contribution in [0.1, 0.15) is 11.8 Å². The lowest BCUT2D eigenvalue weighted by Crippen LogP contribution is -1.73. The van der Waals surface area contributed by atoms with Gasteiger partial charge in [0.25, 0.3) is 5.89 Å². The van der Waals surface area contributed by atoms with Gasteiger partial charge >= 0.3 is 0 Å². The normalized spacial score (nSPS) is 10.5. The lowest BCUT2D eigenvalue weighted by atomic mass is 10.4. The van der Waals surface area contributed by atoms with Crippen molar-refractivity contribution in [2.45, 2.75) is 13.3 Å². The molecule has 0 radical (unpaired) electrons. The van der Waals surface area contributed by atoms with E-state index in [1.165, 1.54) is 17.6 Å². The van der Waals surface area contributed by atoms with Gasteiger partial charge in [-0.15, -0.1) is 11.3 Å². The maximum atomic E-state index is 9.36. The van der Waals surface area contributed by atoms with Gasteiger partial charge in [0.1, 0.15) is 6.26 Å². The number of oxazole rings is 1. The number of rotatable bonds is 2. The van der Waals surface area contributed by atoms with Crippen molar-refractivity contribution in [2.75, 3.05) is 0 Å². The van der Waals surface area contributed by atoms with Crippen LogP contribution in [0.3, 0.4) is 0 Å². The number of hydrogen-bond acceptors (Lipinski definition) is 5. The van der Waals surface area contributed by atoms with Gasteiger partial charge in [0.05, 0.1) is 11.1 Å². The molecule has 0 fully saturated rings. The number of aromatic hydroxyl groups is 1. The second-order valence-corrected chi connectivity index (χ2v) is 3.54. The minimum atomic E-state index is 0.0840. The van der Waals surface area contributed by atoms with Crippen molar-refractivity contribution in [1.82, 2.24) is 9.97 Å². The van der Waals surface area contributed by atoms with Crippen LogP contribution < -0.4 is 0 Å². The highest BCUT2D eigenvalue weighted by Crippen LogP contribution is 2.30. The molecule has 1 N–H and O–H groups in total. The molecule has 0 amide bonds. The summed E-state index contributed by atoms with van der Waals surface area (Å²) in [4.78, 5) is 8.74. The Balaban J connectivity index is 2.43. The van der Waals surface area contributed by atoms with Gasteiger partial charge in [-0.3, -0.25) is 0 Å². The molecule has 2 heterocycles. The van der Waals surface area contributed by atoms with Gasteiger partial charge in [-0.05, 0) is 6.42 Å². The summed E-state index contributed by atoms with van der Waals surface area (Å²) in [6.07, 6.45) is 3.81. The molecule has 0 atom stereocenters. The highest BCUT2D eigenvalue weighted by Gasteiger charge is 2.12. The van der Waals surface area contributed by atoms with Crippen molar-refractivity contribution >= 4 is 11.3 Å². The SMILES string of the molecule is CCc1sc(-c2ncco2)nc1O. The second-order valence-electron chi connectivity index (χ2n) is 2.46. The third-order valence-electron chi connectivity index (χ3n) is 1.61. The monoisotopic (exact) mass is 196 g/mol. The minimum absolute atomic E-state index is 0.0840. The molecule has 0 aliphatic heterocycles. The van der Waals surface area contributed by atoms with Crippen LogP contribution in [0.15, 0.2) is 16.9 Å². The van der Waals surface area contributed by atoms with Crippen molar-refractivity contribution in [3.63, 3.8) is 0 Å². The quantitative estimate of drug-likeness (QED) is 0.798. The van der Waals surface area contributed by atoms with Crippen LogP contribution in [0.4, 0.5) is 0 Å². The predicted molar refractivity (Wildman–Crippen MR) is 48.7 cm³/mol. The van der Waals surface area contributed by atoms with Crippen LogP contribution in [0.5, 0.6) is 5.88 Å². The first kappa shape index (κ1) is 8.25. The Bertz CT molecular complexity index is 394. The van der Waals surface area contributed by atoms with Gasteiger partial charge in [-0.2, -0.15) is 4.98 Å². The Morgan fingerprint density at radius 2 is 2.46 bits per heavy atom. The molecule has 0 bridgehead atoms. The van der Waals surface area contributed by atoms with Gasteiger partial charge in [-0.25, -0.2) is 4.98 Å². The number of nitrogens with zero attached hydrogens (tertiary/aromatic N) is 2. The van der Waals surface area contributed by atoms with Crippen molar-refractivity contribution in [3.05, 3.63) is 17.3 Å². The molecule has 0 spiro atoms. The summed E-state index contributed by atoms with van der Waals surface area (Å²) in [5.41, 5.74) is 0. The van der Waals surface area contributed by atoms with E-state index in [4.69, 9.17) is 4.42 Å². The first-order valence-electron chi connectivity index (χ1n) is 3.89. The minimum Gasteiger partial charge on any atom is -0.492 e. The Hall–Kier alpha value is -1.36. The number of thiazole rings is 1. The summed E-state index contributed by atoms with van der Waals surface area (Å²) in [5, 5.41) is 9.98. The summed E-state index contributed by atoms with van der Waals surface area (Å²) >= 11 is 1.40. The van der Waals surface area contributed by atoms with Crippen molar-refractivity contribution < 1.29 is 9.52 Å². The van der Waals surface area contributed by atoms with Crippen molar-refractivity contribution in [2.24, 2.45) is 0 Å². The third-order valence-corrected chi connectivity index (χ3v) is 2.79. The average Bonchev–Trinajstić information content (AvgIpc) is 2.71. The molecular weight excluding hydrogens is 188 g/mol. The Kier molecular flexibility index (Phi) is 2.02. The average molecular weight is 196 g/mol. The molecule has 68 valence electrons. The van der Waals surface area contributed by atoms with Crippen LogP contribution in [-0.4, -0.2) is 15.1 Å². The number of hydrogen-bond donors (Lipinski definition) is 1. The van der Waals surface area contributed by atoms with E-state index in [0.29, 0.717) is 10.9 Å². The Morgan fingerprint density at radius 3 is 3.00 bits per heavy atom. The smallest absolute Gasteiger partial charge is 0.255 e. The van der Waals surface area contributed by atoms with Crippen LogP contribution in [-0.2, 0) is 6.42 Å². The molecule has 5 heteroatoms. The fourth-order valence-corrected chi connectivity index (χ4v) is 1.83. The van der Waals surface area contributed by atoms with E-state index in [2.05, 4.69) is 9.97 Å². The van der Waals surface area contributed by atoms with Gasteiger partial charge in [0.2, 0.25) is 5.88 Å². The zero-order chi connectivity index (χ0) is 9.26. The van der Waals surface area contributed by atoms with Gasteiger partial charge in [0.15, 0.2) is 5.01 Å². The molecule has 0 aliphatic carbocycles. The van der Waals surface area contributed by atoms with E-state index in [0.717, 1.165) is 11.3 Å². The molecule has 2 aromatic rings. The first-order valence-corrected chi connectivity index (χ1v) is 4.71. The Morgan fingerprint density at radius 1 is 1.62 bits per heavy atom. The maximum absolute atomic E-state index is 9.36. The van der Waals surface area contributed by atoms with E-state index >= 15 is 0 Å². The molecule has 0 saturated heterocycles. The zero-order valence-corrected chi connectivity index (χ0v) is 7.84. The number of aryl methyl sites for hydroxylation is 1. The molecule has 2 aromatic heterocycles. The van der Waals surface area contributed by atoms with Crippen LogP contribution in [0.25, 0.3) is 10.9 Å². The molecule has 4 nitrogen and oxygen atoms in total. The molecule has 0 aliphatic rings. The molecule has 0 unspecified atom stereocenters. The molecule has 2 rings (SSSR count). The lowest BCUT2D eigenvalue weighted by molar-refractivity contribution is 0.451. The molecule has 13 heavy (non-hydrogen) atoms. The van der Waals surface area contributed by atoms with E-state index in [9.17, 15) is 5.11 Å². The largest absolute Gasteiger partial charge is 0.492 e. The van der Waals surface area contributed by atoms with E-state index in [1.807, 2.05) is 6.92 Å². The van der Waals surface area contributed by atoms with Gasteiger partial charge in [0, 0.05) is 0 Å². The standard InChI is InChI=1S/C8H8N2O2S/c1-2-5-6(11)10-8(13-5)7-9-3-4-12-7/h3-4,11H,2H2,1H3. The number of aromatic nitrogens is 2. The summed E-state index contributed by atoms with van der Waals surface area (Å²) in [5.74, 6) is 0.542. The fourth-order valence-electron chi connectivity index (χ4n) is 0.995. The first-order chi connectivity index (χ1) is 6.31. The van der Waals surface area contributed by atoms with Crippen LogP contribution >= 0.6 is 11.3 Å². The van der Waals surface area contributed by atoms with E-state index in [-0.39, 0.29) is 5.88 Å². The zero-order valence-electron chi connectivity index (χ0n) is 7.02. The highest BCUT2D eigenvalue weighted by atomic mass is 32.1. The van der Waals surface area contributed by atoms with Crippen LogP contribution in [0, 0.1) is 0 Å². The second kappa shape index (κ2) is 3.18. The van der Waals surface area contributed by atoms with Crippen molar-refractivity contribution in [1.29, 1.82) is 0 Å².